The minimum absolute atomic E-state index is 0.00808. The van der Waals surface area contributed by atoms with Crippen LogP contribution in [0, 0.1) is 17.6 Å². The zero-order chi connectivity index (χ0) is 26.1. The van der Waals surface area contributed by atoms with Gasteiger partial charge in [-0.05, 0) is 30.5 Å². The first-order chi connectivity index (χ1) is 17.8. The number of hydrogen-bond donors (Lipinski definition) is 0. The van der Waals surface area contributed by atoms with Gasteiger partial charge in [0.1, 0.15) is 23.1 Å². The highest BCUT2D eigenvalue weighted by molar-refractivity contribution is 5.83. The maximum absolute atomic E-state index is 14.0. The van der Waals surface area contributed by atoms with Crippen LogP contribution in [0.2, 0.25) is 0 Å². The predicted octanol–water partition coefficient (Wildman–Crippen LogP) is 5.81. The average Bonchev–Trinajstić information content (AvgIpc) is 3.36. The number of nitrogens with zero attached hydrogens (tertiary/aromatic N) is 6. The van der Waals surface area contributed by atoms with Crippen molar-refractivity contribution in [1.29, 1.82) is 0 Å². The standard InChI is InChI=1S/C26H26F4N6O/c1-15(2)9-18-11-21-22(13-31-18)34-25(24(33-21)16-12-32-36(14-16)26(29)30)35-7-5-19(6-8-35)37-23-4-3-17(27)10-20(23)28/h3-4,10-15,19,26H,5-9H2,1-2H3. The Labute approximate surface area is 211 Å². The lowest BCUT2D eigenvalue weighted by Crippen LogP contribution is -2.39. The molecule has 1 saturated heterocycles. The Morgan fingerprint density at radius 1 is 1.03 bits per heavy atom. The number of hydrogen-bond acceptors (Lipinski definition) is 6. The van der Waals surface area contributed by atoms with Gasteiger partial charge in [-0.1, -0.05) is 13.8 Å². The van der Waals surface area contributed by atoms with Gasteiger partial charge >= 0.3 is 6.55 Å². The Hall–Kier alpha value is -3.76. The van der Waals surface area contributed by atoms with Crippen LogP contribution in [-0.4, -0.2) is 43.9 Å². The van der Waals surface area contributed by atoms with Crippen LogP contribution in [0.15, 0.2) is 42.9 Å². The third-order valence-electron chi connectivity index (χ3n) is 6.21. The van der Waals surface area contributed by atoms with E-state index in [4.69, 9.17) is 14.7 Å². The number of pyridine rings is 1. The van der Waals surface area contributed by atoms with Crippen LogP contribution >= 0.6 is 0 Å². The second-order valence-corrected chi connectivity index (χ2v) is 9.52. The van der Waals surface area contributed by atoms with Crippen LogP contribution in [0.25, 0.3) is 22.3 Å². The number of halogens is 4. The van der Waals surface area contributed by atoms with E-state index in [1.807, 2.05) is 11.0 Å². The summed E-state index contributed by atoms with van der Waals surface area (Å²) in [7, 11) is 0. The number of fused-ring (bicyclic) bond motifs is 1. The van der Waals surface area contributed by atoms with Gasteiger partial charge in [-0.3, -0.25) is 4.98 Å². The van der Waals surface area contributed by atoms with Crippen molar-refractivity contribution in [2.24, 2.45) is 5.92 Å². The molecule has 0 atom stereocenters. The van der Waals surface area contributed by atoms with Crippen LogP contribution in [-0.2, 0) is 6.42 Å². The van der Waals surface area contributed by atoms with E-state index in [0.29, 0.717) is 64.6 Å². The van der Waals surface area contributed by atoms with Gasteiger partial charge in [-0.15, -0.1) is 0 Å². The minimum Gasteiger partial charge on any atom is -0.487 e. The molecule has 0 saturated carbocycles. The third-order valence-corrected chi connectivity index (χ3v) is 6.21. The summed E-state index contributed by atoms with van der Waals surface area (Å²) in [6.07, 6.45) is 5.91. The van der Waals surface area contributed by atoms with Crippen molar-refractivity contribution >= 4 is 16.9 Å². The van der Waals surface area contributed by atoms with E-state index in [9.17, 15) is 17.6 Å². The zero-order valence-electron chi connectivity index (χ0n) is 20.4. The number of rotatable bonds is 7. The topological polar surface area (TPSA) is 69.0 Å². The van der Waals surface area contributed by atoms with Crippen LogP contribution in [0.5, 0.6) is 5.75 Å². The number of anilines is 1. The molecule has 1 aliphatic rings. The summed E-state index contributed by atoms with van der Waals surface area (Å²) in [6, 6.07) is 5.11. The van der Waals surface area contributed by atoms with Crippen molar-refractivity contribution in [3.63, 3.8) is 0 Å². The molecule has 194 valence electrons. The fourth-order valence-corrected chi connectivity index (χ4v) is 4.44. The average molecular weight is 515 g/mol. The van der Waals surface area contributed by atoms with Gasteiger partial charge in [0.2, 0.25) is 0 Å². The lowest BCUT2D eigenvalue weighted by Gasteiger charge is -2.33. The van der Waals surface area contributed by atoms with Crippen LogP contribution in [0.4, 0.5) is 23.4 Å². The Morgan fingerprint density at radius 2 is 1.81 bits per heavy atom. The highest BCUT2D eigenvalue weighted by Crippen LogP contribution is 2.33. The van der Waals surface area contributed by atoms with Gasteiger partial charge < -0.3 is 9.64 Å². The van der Waals surface area contributed by atoms with Gasteiger partial charge in [0.05, 0.1) is 17.9 Å². The van der Waals surface area contributed by atoms with E-state index in [1.165, 1.54) is 18.5 Å². The van der Waals surface area contributed by atoms with Gasteiger partial charge in [-0.2, -0.15) is 13.9 Å². The van der Waals surface area contributed by atoms with E-state index in [2.05, 4.69) is 23.9 Å². The molecule has 5 rings (SSSR count). The SMILES string of the molecule is CC(C)Cc1cc2nc(-c3cnn(C(F)F)c3)c(N3CCC(Oc4ccc(F)cc4F)CC3)nc2cn1. The van der Waals surface area contributed by atoms with E-state index in [-0.39, 0.29) is 11.9 Å². The molecule has 4 aromatic rings. The molecule has 3 aromatic heterocycles. The van der Waals surface area contributed by atoms with Crippen molar-refractivity contribution < 1.29 is 22.3 Å². The summed E-state index contributed by atoms with van der Waals surface area (Å²) in [5.41, 5.74) is 2.98. The van der Waals surface area contributed by atoms with Crippen molar-refractivity contribution in [3.8, 4) is 17.0 Å². The molecule has 0 N–H and O–H groups in total. The lowest BCUT2D eigenvalue weighted by atomic mass is 10.1. The Balaban J connectivity index is 1.44. The Morgan fingerprint density at radius 3 is 2.49 bits per heavy atom. The first-order valence-corrected chi connectivity index (χ1v) is 12.1. The number of benzene rings is 1. The summed E-state index contributed by atoms with van der Waals surface area (Å²) in [6.45, 7) is 2.46. The molecule has 0 amide bonds. The van der Waals surface area contributed by atoms with Gasteiger partial charge in [-0.25, -0.2) is 23.4 Å². The number of piperidine rings is 1. The van der Waals surface area contributed by atoms with Crippen molar-refractivity contribution in [2.75, 3.05) is 18.0 Å². The summed E-state index contributed by atoms with van der Waals surface area (Å²) in [5, 5.41) is 3.77. The van der Waals surface area contributed by atoms with E-state index in [1.54, 1.807) is 6.20 Å². The maximum Gasteiger partial charge on any atom is 0.333 e. The second kappa shape index (κ2) is 10.3. The maximum atomic E-state index is 14.0. The summed E-state index contributed by atoms with van der Waals surface area (Å²) >= 11 is 0. The van der Waals surface area contributed by atoms with Crippen molar-refractivity contribution in [1.82, 2.24) is 24.7 Å². The van der Waals surface area contributed by atoms with E-state index >= 15 is 0 Å². The van der Waals surface area contributed by atoms with Crippen LogP contribution in [0.3, 0.4) is 0 Å². The van der Waals surface area contributed by atoms with Crippen molar-refractivity contribution in [3.05, 3.63) is 60.2 Å². The molecule has 11 heteroatoms. The summed E-state index contributed by atoms with van der Waals surface area (Å²) < 4.78 is 60.1. The van der Waals surface area contributed by atoms with Gasteiger partial charge in [0, 0.05) is 49.5 Å². The fraction of sp³-hybridized carbons (Fsp3) is 0.385. The third kappa shape index (κ3) is 5.50. The molecule has 1 aliphatic heterocycles. The summed E-state index contributed by atoms with van der Waals surface area (Å²) in [5.74, 6) is -0.457. The Bertz CT molecular complexity index is 1400. The molecule has 7 nitrogen and oxygen atoms in total. The molecular weight excluding hydrogens is 488 g/mol. The van der Waals surface area contributed by atoms with Gasteiger partial charge in [0.15, 0.2) is 17.4 Å². The normalized spacial score (nSPS) is 14.8. The molecule has 1 aromatic carbocycles. The molecule has 0 bridgehead atoms. The van der Waals surface area contributed by atoms with Crippen LogP contribution in [0.1, 0.15) is 38.9 Å². The zero-order valence-corrected chi connectivity index (χ0v) is 20.4. The molecular formula is C26H26F4N6O. The first-order valence-electron chi connectivity index (χ1n) is 12.1. The number of aromatic nitrogens is 5. The quantitative estimate of drug-likeness (QED) is 0.290. The molecule has 0 aliphatic carbocycles. The lowest BCUT2D eigenvalue weighted by molar-refractivity contribution is 0.0566. The molecule has 0 unspecified atom stereocenters. The molecule has 37 heavy (non-hydrogen) atoms. The Kier molecular flexibility index (Phi) is 6.94. The van der Waals surface area contributed by atoms with E-state index < -0.39 is 18.2 Å². The largest absolute Gasteiger partial charge is 0.487 e. The molecule has 0 spiro atoms. The predicted molar refractivity (Wildman–Crippen MR) is 131 cm³/mol. The molecule has 1 fully saturated rings. The van der Waals surface area contributed by atoms with E-state index in [0.717, 1.165) is 24.2 Å². The number of alkyl halides is 2. The monoisotopic (exact) mass is 514 g/mol. The fourth-order valence-electron chi connectivity index (χ4n) is 4.44. The highest BCUT2D eigenvalue weighted by Gasteiger charge is 2.26. The first kappa shape index (κ1) is 24.9. The van der Waals surface area contributed by atoms with Crippen LogP contribution < -0.4 is 9.64 Å². The van der Waals surface area contributed by atoms with Crippen molar-refractivity contribution in [2.45, 2.75) is 45.8 Å². The smallest absolute Gasteiger partial charge is 0.333 e. The minimum atomic E-state index is -2.77. The summed E-state index contributed by atoms with van der Waals surface area (Å²) in [4.78, 5) is 16.1. The van der Waals surface area contributed by atoms with Gasteiger partial charge in [0.25, 0.3) is 0 Å². The molecule has 0 radical (unpaired) electrons. The highest BCUT2D eigenvalue weighted by atomic mass is 19.3. The molecule has 4 heterocycles. The second-order valence-electron chi connectivity index (χ2n) is 9.52. The number of ether oxygens (including phenoxy) is 1.